The van der Waals surface area contributed by atoms with Crippen LogP contribution < -0.4 is 4.72 Å². The fourth-order valence-electron chi connectivity index (χ4n) is 6.67. The SMILES string of the molecule is CC(=O)[C@@H](CC(C#CC=C(c1ccccc1)c1ccccc1)(c1ccccc1)c1ccccc1)[C@H](NS(=O)(=O)c1ccc(C)cc1)c1ccc(Br)cc1. The van der Waals surface area contributed by atoms with Crippen molar-refractivity contribution in [2.24, 2.45) is 5.92 Å². The molecule has 0 radical (unpaired) electrons. The summed E-state index contributed by atoms with van der Waals surface area (Å²) in [4.78, 5) is 14.2. The highest BCUT2D eigenvalue weighted by Gasteiger charge is 2.41. The number of rotatable bonds is 12. The minimum atomic E-state index is -4.05. The van der Waals surface area contributed by atoms with Gasteiger partial charge in [0.1, 0.15) is 5.78 Å². The number of carbonyl (C=O) groups excluding carboxylic acids is 1. The molecule has 0 heterocycles. The molecule has 0 unspecified atom stereocenters. The van der Waals surface area contributed by atoms with Crippen LogP contribution in [0.5, 0.6) is 0 Å². The maximum absolute atomic E-state index is 14.1. The fraction of sp³-hybridized carbons (Fsp3) is 0.128. The molecule has 0 spiro atoms. The molecule has 0 amide bonds. The fourth-order valence-corrected chi connectivity index (χ4v) is 8.20. The third-order valence-electron chi connectivity index (χ3n) is 9.50. The molecule has 2 atom stereocenters. The van der Waals surface area contributed by atoms with E-state index in [0.717, 1.165) is 37.9 Å². The average molecular weight is 779 g/mol. The van der Waals surface area contributed by atoms with Crippen LogP contribution in [0.4, 0.5) is 0 Å². The lowest BCUT2D eigenvalue weighted by Gasteiger charge is -2.36. The standard InChI is InChI=1S/C47H40BrNO3S/c1-35-25-31-43(32-26-35)53(51,52)49-46(39-27-29-42(48)30-28-39)45(36(2)50)34-47(40-20-11-5-12-21-40,41-22-13-6-14-23-41)33-15-24-44(37-16-7-3-8-17-37)38-18-9-4-10-19-38/h3-14,16-32,45-46,49H,34H2,1-2H3/t45-,46-/m1/s1. The van der Waals surface area contributed by atoms with E-state index in [4.69, 9.17) is 0 Å². The second kappa shape index (κ2) is 17.0. The molecular weight excluding hydrogens is 738 g/mol. The lowest BCUT2D eigenvalue weighted by molar-refractivity contribution is -0.122. The summed E-state index contributed by atoms with van der Waals surface area (Å²) in [7, 11) is -4.05. The van der Waals surface area contributed by atoms with Crippen LogP contribution in [-0.2, 0) is 20.2 Å². The topological polar surface area (TPSA) is 63.2 Å². The maximum atomic E-state index is 14.1. The van der Waals surface area contributed by atoms with E-state index >= 15 is 0 Å². The molecule has 4 nitrogen and oxygen atoms in total. The van der Waals surface area contributed by atoms with Crippen LogP contribution in [-0.4, -0.2) is 14.2 Å². The van der Waals surface area contributed by atoms with Gasteiger partial charge in [0.2, 0.25) is 10.0 Å². The maximum Gasteiger partial charge on any atom is 0.241 e. The Kier molecular flexibility index (Phi) is 12.0. The molecule has 6 aromatic rings. The van der Waals surface area contributed by atoms with Crippen LogP contribution in [0.3, 0.4) is 0 Å². The van der Waals surface area contributed by atoms with Crippen molar-refractivity contribution in [2.75, 3.05) is 0 Å². The zero-order valence-corrected chi connectivity index (χ0v) is 32.0. The van der Waals surface area contributed by atoms with E-state index in [1.807, 2.05) is 134 Å². The number of benzene rings is 6. The molecule has 1 N–H and O–H groups in total. The molecule has 0 bridgehead atoms. The Morgan fingerprint density at radius 2 is 1.17 bits per heavy atom. The third kappa shape index (κ3) is 9.01. The van der Waals surface area contributed by atoms with E-state index in [2.05, 4.69) is 56.8 Å². The minimum Gasteiger partial charge on any atom is -0.300 e. The smallest absolute Gasteiger partial charge is 0.241 e. The largest absolute Gasteiger partial charge is 0.300 e. The van der Waals surface area contributed by atoms with Crippen LogP contribution >= 0.6 is 15.9 Å². The Balaban J connectivity index is 1.56. The van der Waals surface area contributed by atoms with E-state index in [9.17, 15) is 13.2 Å². The molecule has 6 rings (SSSR count). The first-order chi connectivity index (χ1) is 25.7. The van der Waals surface area contributed by atoms with Crippen molar-refractivity contribution in [1.29, 1.82) is 0 Å². The molecular formula is C47H40BrNO3S. The minimum absolute atomic E-state index is 0.129. The summed E-state index contributed by atoms with van der Waals surface area (Å²) >= 11 is 3.52. The lowest BCUT2D eigenvalue weighted by atomic mass is 9.67. The number of sulfonamides is 1. The Morgan fingerprint density at radius 3 is 1.64 bits per heavy atom. The number of hydrogen-bond donors (Lipinski definition) is 1. The van der Waals surface area contributed by atoms with Gasteiger partial charge in [-0.05, 0) is 84.0 Å². The number of Topliss-reactive ketones (excluding diaryl/α,β-unsaturated/α-hetero) is 1. The van der Waals surface area contributed by atoms with Gasteiger partial charge in [-0.1, -0.05) is 179 Å². The molecule has 6 aromatic carbocycles. The van der Waals surface area contributed by atoms with Crippen molar-refractivity contribution in [3.05, 3.63) is 214 Å². The summed E-state index contributed by atoms with van der Waals surface area (Å²) in [5.41, 5.74) is 5.42. The van der Waals surface area contributed by atoms with Gasteiger partial charge in [0.25, 0.3) is 0 Å². The van der Waals surface area contributed by atoms with E-state index in [1.165, 1.54) is 6.92 Å². The molecule has 0 fully saturated rings. The Hall–Kier alpha value is -5.32. The number of nitrogens with one attached hydrogen (secondary N) is 1. The highest BCUT2D eigenvalue weighted by atomic mass is 79.9. The molecule has 0 saturated heterocycles. The van der Waals surface area contributed by atoms with Gasteiger partial charge < -0.3 is 0 Å². The summed E-state index contributed by atoms with van der Waals surface area (Å²) in [5.74, 6) is 6.15. The summed E-state index contributed by atoms with van der Waals surface area (Å²) in [6.45, 7) is 3.44. The van der Waals surface area contributed by atoms with E-state index in [1.54, 1.807) is 24.3 Å². The Labute approximate surface area is 321 Å². The van der Waals surface area contributed by atoms with Gasteiger partial charge in [0.15, 0.2) is 0 Å². The first-order valence-corrected chi connectivity index (χ1v) is 19.7. The first kappa shape index (κ1) is 37.4. The van der Waals surface area contributed by atoms with Crippen molar-refractivity contribution in [1.82, 2.24) is 4.72 Å². The quantitative estimate of drug-likeness (QED) is 0.126. The average Bonchev–Trinajstić information content (AvgIpc) is 3.19. The van der Waals surface area contributed by atoms with Gasteiger partial charge in [-0.15, -0.1) is 0 Å². The zero-order valence-electron chi connectivity index (χ0n) is 29.6. The third-order valence-corrected chi connectivity index (χ3v) is 11.5. The van der Waals surface area contributed by atoms with Crippen molar-refractivity contribution >= 4 is 37.3 Å². The molecule has 0 aliphatic rings. The molecule has 53 heavy (non-hydrogen) atoms. The summed E-state index contributed by atoms with van der Waals surface area (Å²) in [6, 6.07) is 53.5. The summed E-state index contributed by atoms with van der Waals surface area (Å²) in [6.07, 6.45) is 2.14. The molecule has 0 aliphatic heterocycles. The number of allylic oxidation sites excluding steroid dienone is 1. The van der Waals surface area contributed by atoms with E-state index in [-0.39, 0.29) is 17.1 Å². The highest BCUT2D eigenvalue weighted by molar-refractivity contribution is 9.10. The van der Waals surface area contributed by atoms with Crippen LogP contribution in [0.1, 0.15) is 52.8 Å². The van der Waals surface area contributed by atoms with Crippen LogP contribution in [0.15, 0.2) is 185 Å². The lowest BCUT2D eigenvalue weighted by Crippen LogP contribution is -2.40. The second-order valence-electron chi connectivity index (χ2n) is 13.1. The van der Waals surface area contributed by atoms with Crippen LogP contribution in [0.25, 0.3) is 5.57 Å². The van der Waals surface area contributed by atoms with Crippen LogP contribution in [0, 0.1) is 24.7 Å². The molecule has 6 heteroatoms. The van der Waals surface area contributed by atoms with Crippen molar-refractivity contribution in [3.8, 4) is 11.8 Å². The molecule has 0 aliphatic carbocycles. The zero-order chi connectivity index (χ0) is 37.3. The first-order valence-electron chi connectivity index (χ1n) is 17.5. The molecule has 0 aromatic heterocycles. The van der Waals surface area contributed by atoms with Gasteiger partial charge >= 0.3 is 0 Å². The predicted molar refractivity (Wildman–Crippen MR) is 219 cm³/mol. The number of carbonyl (C=O) groups is 1. The van der Waals surface area contributed by atoms with E-state index < -0.39 is 27.4 Å². The Morgan fingerprint density at radius 1 is 0.698 bits per heavy atom. The van der Waals surface area contributed by atoms with Crippen molar-refractivity contribution in [2.45, 2.75) is 36.6 Å². The predicted octanol–water partition coefficient (Wildman–Crippen LogP) is 10.5. The highest BCUT2D eigenvalue weighted by Crippen LogP contribution is 2.42. The van der Waals surface area contributed by atoms with Gasteiger partial charge in [-0.25, -0.2) is 13.1 Å². The number of halogens is 1. The van der Waals surface area contributed by atoms with Gasteiger partial charge in [-0.3, -0.25) is 4.79 Å². The number of aryl methyl sites for hydroxylation is 1. The second-order valence-corrected chi connectivity index (χ2v) is 15.7. The van der Waals surface area contributed by atoms with Crippen LogP contribution in [0.2, 0.25) is 0 Å². The molecule has 0 saturated carbocycles. The van der Waals surface area contributed by atoms with Gasteiger partial charge in [-0.2, -0.15) is 0 Å². The summed E-state index contributed by atoms with van der Waals surface area (Å²) in [5, 5.41) is 0. The van der Waals surface area contributed by atoms with Gasteiger partial charge in [0, 0.05) is 10.4 Å². The number of hydrogen-bond acceptors (Lipinski definition) is 3. The monoisotopic (exact) mass is 777 g/mol. The van der Waals surface area contributed by atoms with E-state index in [0.29, 0.717) is 5.56 Å². The summed E-state index contributed by atoms with van der Waals surface area (Å²) < 4.78 is 32.0. The Bertz CT molecular complexity index is 2250. The van der Waals surface area contributed by atoms with Crippen molar-refractivity contribution in [3.63, 3.8) is 0 Å². The van der Waals surface area contributed by atoms with Gasteiger partial charge in [0.05, 0.1) is 16.4 Å². The molecule has 264 valence electrons. The normalized spacial score (nSPS) is 12.5. The van der Waals surface area contributed by atoms with Crippen molar-refractivity contribution < 1.29 is 13.2 Å². The number of ketones is 1.